The van der Waals surface area contributed by atoms with Gasteiger partial charge in [-0.2, -0.15) is 0 Å². The van der Waals surface area contributed by atoms with Gasteiger partial charge in [-0.15, -0.1) is 12.4 Å². The van der Waals surface area contributed by atoms with Crippen LogP contribution in [0.4, 0.5) is 0 Å². The molecule has 19 heavy (non-hydrogen) atoms. The first-order chi connectivity index (χ1) is 8.58. The van der Waals surface area contributed by atoms with E-state index in [4.69, 9.17) is 5.73 Å². The Morgan fingerprint density at radius 2 is 2.05 bits per heavy atom. The molecule has 108 valence electrons. The van der Waals surface area contributed by atoms with Crippen LogP contribution >= 0.6 is 12.4 Å². The highest BCUT2D eigenvalue weighted by atomic mass is 35.5. The van der Waals surface area contributed by atoms with Crippen molar-refractivity contribution in [3.63, 3.8) is 0 Å². The molecule has 0 radical (unpaired) electrons. The second kappa shape index (κ2) is 7.28. The average Bonchev–Trinajstić information content (AvgIpc) is 2.38. The van der Waals surface area contributed by atoms with Crippen LogP contribution in [0.25, 0.3) is 0 Å². The summed E-state index contributed by atoms with van der Waals surface area (Å²) in [5.41, 5.74) is 8.84. The fourth-order valence-electron chi connectivity index (χ4n) is 2.96. The maximum absolute atomic E-state index is 6.07. The lowest BCUT2D eigenvalue weighted by Crippen LogP contribution is -2.43. The van der Waals surface area contributed by atoms with Crippen molar-refractivity contribution in [2.24, 2.45) is 11.7 Å². The molecule has 3 heteroatoms. The Morgan fingerprint density at radius 1 is 1.32 bits per heavy atom. The molecule has 1 fully saturated rings. The third-order valence-corrected chi connectivity index (χ3v) is 4.31. The minimum Gasteiger partial charge on any atom is -0.328 e. The van der Waals surface area contributed by atoms with E-state index in [2.05, 4.69) is 49.9 Å². The van der Waals surface area contributed by atoms with Crippen molar-refractivity contribution < 1.29 is 0 Å². The number of nitrogens with zero attached hydrogens (tertiary/aromatic N) is 1. The van der Waals surface area contributed by atoms with Gasteiger partial charge in [0.05, 0.1) is 0 Å². The molecule has 2 rings (SSSR count). The van der Waals surface area contributed by atoms with Gasteiger partial charge in [0.1, 0.15) is 0 Å². The number of halogens is 1. The van der Waals surface area contributed by atoms with E-state index in [-0.39, 0.29) is 12.4 Å². The highest BCUT2D eigenvalue weighted by Crippen LogP contribution is 2.27. The first-order valence-electron chi connectivity index (χ1n) is 7.14. The van der Waals surface area contributed by atoms with Crippen LogP contribution in [0.5, 0.6) is 0 Å². The van der Waals surface area contributed by atoms with Crippen LogP contribution in [0.1, 0.15) is 43.9 Å². The molecule has 3 atom stereocenters. The molecule has 0 aliphatic carbocycles. The second-order valence-electron chi connectivity index (χ2n) is 5.85. The molecule has 0 bridgehead atoms. The van der Waals surface area contributed by atoms with E-state index in [1.54, 1.807) is 0 Å². The molecule has 1 aromatic rings. The molecule has 1 heterocycles. The number of hydrogen-bond donors (Lipinski definition) is 1. The fraction of sp³-hybridized carbons (Fsp3) is 0.625. The number of benzene rings is 1. The number of nitrogens with two attached hydrogens (primary N) is 1. The van der Waals surface area contributed by atoms with Crippen LogP contribution in [0.2, 0.25) is 0 Å². The number of hydrogen-bond acceptors (Lipinski definition) is 2. The molecule has 1 saturated heterocycles. The van der Waals surface area contributed by atoms with Crippen LogP contribution in [-0.2, 0) is 0 Å². The summed E-state index contributed by atoms with van der Waals surface area (Å²) in [6.45, 7) is 8.98. The zero-order valence-electron chi connectivity index (χ0n) is 12.3. The van der Waals surface area contributed by atoms with Gasteiger partial charge in [0.15, 0.2) is 0 Å². The summed E-state index contributed by atoms with van der Waals surface area (Å²) in [5, 5.41) is 0. The minimum absolute atomic E-state index is 0. The van der Waals surface area contributed by atoms with Gasteiger partial charge in [0, 0.05) is 18.6 Å². The lowest BCUT2D eigenvalue weighted by Gasteiger charge is -2.38. The molecular weight excluding hydrogens is 256 g/mol. The van der Waals surface area contributed by atoms with Gasteiger partial charge in [0.2, 0.25) is 0 Å². The van der Waals surface area contributed by atoms with Gasteiger partial charge >= 0.3 is 0 Å². The number of piperidine rings is 1. The van der Waals surface area contributed by atoms with E-state index in [0.717, 1.165) is 6.54 Å². The van der Waals surface area contributed by atoms with E-state index in [9.17, 15) is 0 Å². The summed E-state index contributed by atoms with van der Waals surface area (Å²) in [6, 6.07) is 9.70. The minimum atomic E-state index is 0. The fourth-order valence-corrected chi connectivity index (χ4v) is 2.96. The highest BCUT2D eigenvalue weighted by Gasteiger charge is 2.26. The molecular formula is C16H27ClN2. The summed E-state index contributed by atoms with van der Waals surface area (Å²) in [5.74, 6) is 0.658. The average molecular weight is 283 g/mol. The predicted molar refractivity (Wildman–Crippen MR) is 84.8 cm³/mol. The molecule has 0 spiro atoms. The van der Waals surface area contributed by atoms with Crippen molar-refractivity contribution in [2.45, 2.75) is 45.7 Å². The Labute approximate surface area is 123 Å². The summed E-state index contributed by atoms with van der Waals surface area (Å²) >= 11 is 0. The Hall–Kier alpha value is -0.570. The zero-order valence-corrected chi connectivity index (χ0v) is 13.1. The van der Waals surface area contributed by atoms with E-state index < -0.39 is 0 Å². The van der Waals surface area contributed by atoms with Crippen molar-refractivity contribution in [3.05, 3.63) is 35.4 Å². The molecule has 2 nitrogen and oxygen atoms in total. The normalized spacial score (nSPS) is 23.5. The van der Waals surface area contributed by atoms with Gasteiger partial charge in [-0.1, -0.05) is 29.8 Å². The van der Waals surface area contributed by atoms with Crippen LogP contribution in [0.15, 0.2) is 24.3 Å². The zero-order chi connectivity index (χ0) is 13.1. The van der Waals surface area contributed by atoms with Crippen molar-refractivity contribution >= 4 is 12.4 Å². The lowest BCUT2D eigenvalue weighted by molar-refractivity contribution is 0.121. The quantitative estimate of drug-likeness (QED) is 0.919. The molecule has 0 aromatic heterocycles. The molecule has 1 aliphatic rings. The summed E-state index contributed by atoms with van der Waals surface area (Å²) < 4.78 is 0. The number of rotatable bonds is 3. The Balaban J connectivity index is 0.00000180. The lowest BCUT2D eigenvalue weighted by atomic mass is 9.90. The summed E-state index contributed by atoms with van der Waals surface area (Å²) in [4.78, 5) is 2.59. The summed E-state index contributed by atoms with van der Waals surface area (Å²) in [6.07, 6.45) is 2.57. The van der Waals surface area contributed by atoms with Crippen molar-refractivity contribution in [1.29, 1.82) is 0 Å². The first kappa shape index (κ1) is 16.5. The standard InChI is InChI=1S/C16H26N2.ClH/c1-12-6-4-7-15(10-12)14(3)18-9-5-8-16(11-18)13(2)17;/h4,6-7,10,13-14,16H,5,8-9,11,17H2,1-3H3;1H. The van der Waals surface area contributed by atoms with Crippen LogP contribution in [0, 0.1) is 12.8 Å². The van der Waals surface area contributed by atoms with Crippen molar-refractivity contribution in [1.82, 2.24) is 4.90 Å². The van der Waals surface area contributed by atoms with Crippen LogP contribution in [0.3, 0.4) is 0 Å². The van der Waals surface area contributed by atoms with E-state index in [1.807, 2.05) is 0 Å². The third kappa shape index (κ3) is 4.20. The van der Waals surface area contributed by atoms with Gasteiger partial charge in [-0.05, 0) is 51.6 Å². The van der Waals surface area contributed by atoms with Gasteiger partial charge in [0.25, 0.3) is 0 Å². The van der Waals surface area contributed by atoms with E-state index in [1.165, 1.54) is 30.5 Å². The largest absolute Gasteiger partial charge is 0.328 e. The molecule has 1 aliphatic heterocycles. The Kier molecular flexibility index (Phi) is 6.31. The Morgan fingerprint density at radius 3 is 2.68 bits per heavy atom. The van der Waals surface area contributed by atoms with Crippen molar-refractivity contribution in [3.8, 4) is 0 Å². The number of likely N-dealkylation sites (tertiary alicyclic amines) is 1. The molecule has 2 N–H and O–H groups in total. The molecule has 1 aromatic carbocycles. The number of aryl methyl sites for hydroxylation is 1. The molecule has 0 saturated carbocycles. The van der Waals surface area contributed by atoms with Crippen molar-refractivity contribution in [2.75, 3.05) is 13.1 Å². The first-order valence-corrected chi connectivity index (χ1v) is 7.14. The summed E-state index contributed by atoms with van der Waals surface area (Å²) in [7, 11) is 0. The van der Waals surface area contributed by atoms with Gasteiger partial charge in [-0.25, -0.2) is 0 Å². The van der Waals surface area contributed by atoms with Crippen LogP contribution in [-0.4, -0.2) is 24.0 Å². The maximum atomic E-state index is 6.07. The Bertz CT molecular complexity index is 392. The molecule has 0 amide bonds. The predicted octanol–water partition coefficient (Wildman–Crippen LogP) is 3.54. The van der Waals surface area contributed by atoms with E-state index in [0.29, 0.717) is 18.0 Å². The van der Waals surface area contributed by atoms with E-state index >= 15 is 0 Å². The molecule has 3 unspecified atom stereocenters. The maximum Gasteiger partial charge on any atom is 0.0320 e. The third-order valence-electron chi connectivity index (χ3n) is 4.31. The highest BCUT2D eigenvalue weighted by molar-refractivity contribution is 5.85. The topological polar surface area (TPSA) is 29.3 Å². The van der Waals surface area contributed by atoms with Gasteiger partial charge in [-0.3, -0.25) is 4.90 Å². The van der Waals surface area contributed by atoms with Crippen LogP contribution < -0.4 is 5.73 Å². The van der Waals surface area contributed by atoms with Gasteiger partial charge < -0.3 is 5.73 Å². The SMILES string of the molecule is Cc1cccc(C(C)N2CCCC(C(C)N)C2)c1.Cl. The monoisotopic (exact) mass is 282 g/mol. The second-order valence-corrected chi connectivity index (χ2v) is 5.85. The smallest absolute Gasteiger partial charge is 0.0320 e.